The Bertz CT molecular complexity index is 330. The van der Waals surface area contributed by atoms with Gasteiger partial charge in [0, 0.05) is 14.1 Å². The van der Waals surface area contributed by atoms with E-state index < -0.39 is 0 Å². The summed E-state index contributed by atoms with van der Waals surface area (Å²) in [5.41, 5.74) is 0.506. The molecule has 64 valence electrons. The number of carbonyl (C=O) groups excluding carboxylic acids is 1. The Morgan fingerprint density at radius 1 is 1.58 bits per heavy atom. The van der Waals surface area contributed by atoms with Crippen molar-refractivity contribution in [2.75, 3.05) is 18.6 Å². The third kappa shape index (κ3) is 0.792. The van der Waals surface area contributed by atoms with E-state index in [-0.39, 0.29) is 5.91 Å². The van der Waals surface area contributed by atoms with Crippen molar-refractivity contribution in [3.05, 3.63) is 12.0 Å². The Morgan fingerprint density at radius 3 is 3.00 bits per heavy atom. The topological polar surface area (TPSA) is 50.2 Å². The number of rotatable bonds is 0. The first-order valence-corrected chi connectivity index (χ1v) is 3.71. The van der Waals surface area contributed by atoms with Gasteiger partial charge < -0.3 is 14.8 Å². The molecule has 1 aliphatic heterocycles. The number of hydrogen-bond donors (Lipinski definition) is 1. The van der Waals surface area contributed by atoms with E-state index in [0.717, 1.165) is 5.82 Å². The molecule has 12 heavy (non-hydrogen) atoms. The molecule has 0 radical (unpaired) electrons. The van der Waals surface area contributed by atoms with Crippen LogP contribution < -0.4 is 10.2 Å². The second kappa shape index (κ2) is 2.23. The van der Waals surface area contributed by atoms with E-state index in [1.807, 2.05) is 23.6 Å². The Hall–Kier alpha value is -1.52. The van der Waals surface area contributed by atoms with Crippen molar-refractivity contribution < 1.29 is 4.79 Å². The minimum Gasteiger partial charge on any atom is -0.341 e. The van der Waals surface area contributed by atoms with Crippen molar-refractivity contribution in [3.8, 4) is 0 Å². The molecule has 0 saturated carbocycles. The normalized spacial score (nSPS) is 15.8. The second-order valence-corrected chi connectivity index (χ2v) is 2.89. The number of imidazole rings is 1. The van der Waals surface area contributed by atoms with Crippen LogP contribution in [0, 0.1) is 0 Å². The molecule has 2 heterocycles. The summed E-state index contributed by atoms with van der Waals surface area (Å²) >= 11 is 0. The van der Waals surface area contributed by atoms with Crippen LogP contribution in [0.3, 0.4) is 0 Å². The third-order valence-corrected chi connectivity index (χ3v) is 1.96. The van der Waals surface area contributed by atoms with Crippen LogP contribution in [-0.2, 0) is 7.05 Å². The van der Waals surface area contributed by atoms with Crippen molar-refractivity contribution in [2.45, 2.75) is 0 Å². The van der Waals surface area contributed by atoms with Crippen molar-refractivity contribution in [3.63, 3.8) is 0 Å². The second-order valence-electron chi connectivity index (χ2n) is 2.89. The van der Waals surface area contributed by atoms with Crippen molar-refractivity contribution in [1.29, 1.82) is 0 Å². The smallest absolute Gasteiger partial charge is 0.275 e. The Morgan fingerprint density at radius 2 is 2.33 bits per heavy atom. The van der Waals surface area contributed by atoms with E-state index in [0.29, 0.717) is 12.4 Å². The van der Waals surface area contributed by atoms with Crippen LogP contribution in [0.25, 0.3) is 0 Å². The van der Waals surface area contributed by atoms with Crippen LogP contribution >= 0.6 is 0 Å². The molecule has 1 aromatic heterocycles. The zero-order valence-electron chi connectivity index (χ0n) is 7.03. The number of aromatic nitrogens is 2. The van der Waals surface area contributed by atoms with Gasteiger partial charge in [0.15, 0.2) is 5.69 Å². The molecule has 0 saturated heterocycles. The van der Waals surface area contributed by atoms with Crippen LogP contribution in [0.4, 0.5) is 5.82 Å². The van der Waals surface area contributed by atoms with Gasteiger partial charge in [-0.25, -0.2) is 4.98 Å². The summed E-state index contributed by atoms with van der Waals surface area (Å²) in [7, 11) is 3.79. The monoisotopic (exact) mass is 166 g/mol. The number of nitrogens with zero attached hydrogens (tertiary/aromatic N) is 3. The summed E-state index contributed by atoms with van der Waals surface area (Å²) in [6.45, 7) is 0.547. The Balaban J connectivity index is 2.57. The van der Waals surface area contributed by atoms with Crippen molar-refractivity contribution >= 4 is 11.7 Å². The van der Waals surface area contributed by atoms with E-state index in [1.54, 1.807) is 6.33 Å². The third-order valence-electron chi connectivity index (χ3n) is 1.96. The lowest BCUT2D eigenvalue weighted by atomic mass is 10.3. The molecule has 5 heteroatoms. The van der Waals surface area contributed by atoms with E-state index in [4.69, 9.17) is 0 Å². The lowest BCUT2D eigenvalue weighted by molar-refractivity contribution is 0.0943. The lowest BCUT2D eigenvalue weighted by Crippen LogP contribution is -2.41. The first kappa shape index (κ1) is 7.15. The van der Waals surface area contributed by atoms with Gasteiger partial charge in [-0.2, -0.15) is 0 Å². The van der Waals surface area contributed by atoms with Gasteiger partial charge in [0.1, 0.15) is 5.82 Å². The van der Waals surface area contributed by atoms with Crippen molar-refractivity contribution in [2.24, 2.45) is 7.05 Å². The molecule has 1 amide bonds. The highest BCUT2D eigenvalue weighted by Crippen LogP contribution is 2.19. The average Bonchev–Trinajstić information content (AvgIpc) is 2.42. The maximum Gasteiger partial charge on any atom is 0.275 e. The summed E-state index contributed by atoms with van der Waals surface area (Å²) in [6, 6.07) is 0. The van der Waals surface area contributed by atoms with Gasteiger partial charge in [-0.15, -0.1) is 0 Å². The molecular formula is C7H10N4O. The number of anilines is 1. The first-order chi connectivity index (χ1) is 5.70. The van der Waals surface area contributed by atoms with E-state index in [2.05, 4.69) is 10.3 Å². The summed E-state index contributed by atoms with van der Waals surface area (Å²) in [5, 5.41) is 2.71. The molecule has 1 N–H and O–H groups in total. The molecule has 0 spiro atoms. The van der Waals surface area contributed by atoms with Gasteiger partial charge in [-0.3, -0.25) is 4.79 Å². The van der Waals surface area contributed by atoms with Crippen LogP contribution in [0.1, 0.15) is 10.5 Å². The van der Waals surface area contributed by atoms with Gasteiger partial charge >= 0.3 is 0 Å². The van der Waals surface area contributed by atoms with Gasteiger partial charge in [-0.1, -0.05) is 0 Å². The SMILES string of the molecule is CN1CNC(=O)c2ncn(C)c21. The molecule has 2 rings (SSSR count). The highest BCUT2D eigenvalue weighted by Gasteiger charge is 2.24. The molecular weight excluding hydrogens is 156 g/mol. The number of amides is 1. The number of hydrogen-bond acceptors (Lipinski definition) is 3. The first-order valence-electron chi connectivity index (χ1n) is 3.71. The number of nitrogens with one attached hydrogen (secondary N) is 1. The average molecular weight is 166 g/mol. The van der Waals surface area contributed by atoms with Gasteiger partial charge in [0.2, 0.25) is 0 Å². The van der Waals surface area contributed by atoms with E-state index in [9.17, 15) is 4.79 Å². The fourth-order valence-electron chi connectivity index (χ4n) is 1.38. The maximum absolute atomic E-state index is 11.2. The van der Waals surface area contributed by atoms with Gasteiger partial charge in [0.25, 0.3) is 5.91 Å². The van der Waals surface area contributed by atoms with E-state index >= 15 is 0 Å². The maximum atomic E-state index is 11.2. The van der Waals surface area contributed by atoms with Crippen molar-refractivity contribution in [1.82, 2.24) is 14.9 Å². The molecule has 0 unspecified atom stereocenters. The molecule has 5 nitrogen and oxygen atoms in total. The number of aryl methyl sites for hydroxylation is 1. The fourth-order valence-corrected chi connectivity index (χ4v) is 1.38. The molecule has 0 atom stereocenters. The minimum absolute atomic E-state index is 0.0938. The van der Waals surface area contributed by atoms with E-state index in [1.165, 1.54) is 0 Å². The zero-order valence-corrected chi connectivity index (χ0v) is 7.03. The minimum atomic E-state index is -0.0938. The summed E-state index contributed by atoms with van der Waals surface area (Å²) in [6.07, 6.45) is 1.64. The Kier molecular flexibility index (Phi) is 1.33. The summed E-state index contributed by atoms with van der Waals surface area (Å²) < 4.78 is 1.84. The van der Waals surface area contributed by atoms with Crippen LogP contribution in [0.5, 0.6) is 0 Å². The zero-order chi connectivity index (χ0) is 8.72. The highest BCUT2D eigenvalue weighted by atomic mass is 16.2. The number of carbonyl (C=O) groups is 1. The number of fused-ring (bicyclic) bond motifs is 1. The van der Waals surface area contributed by atoms with Gasteiger partial charge in [-0.05, 0) is 0 Å². The lowest BCUT2D eigenvalue weighted by Gasteiger charge is -2.24. The molecule has 1 aliphatic rings. The standard InChI is InChI=1S/C7H10N4O/c1-10-3-8-5-6(12)9-4-11(2)7(5)10/h3H,4H2,1-2H3,(H,9,12). The van der Waals surface area contributed by atoms with Gasteiger partial charge in [0.05, 0.1) is 13.0 Å². The molecule has 0 aromatic carbocycles. The summed E-state index contributed by atoms with van der Waals surface area (Å²) in [5.74, 6) is 0.780. The predicted octanol–water partition coefficient (Wildman–Crippen LogP) is -0.443. The summed E-state index contributed by atoms with van der Waals surface area (Å²) in [4.78, 5) is 17.2. The van der Waals surface area contributed by atoms with Crippen LogP contribution in [0.15, 0.2) is 6.33 Å². The largest absolute Gasteiger partial charge is 0.341 e. The fraction of sp³-hybridized carbons (Fsp3) is 0.429. The quantitative estimate of drug-likeness (QED) is 0.568. The predicted molar refractivity (Wildman–Crippen MR) is 43.9 cm³/mol. The molecule has 0 aliphatic carbocycles. The molecule has 0 bridgehead atoms. The highest BCUT2D eigenvalue weighted by molar-refractivity contribution is 5.98. The van der Waals surface area contributed by atoms with Crippen LogP contribution in [-0.4, -0.2) is 29.2 Å². The molecule has 1 aromatic rings. The molecule has 0 fully saturated rings. The van der Waals surface area contributed by atoms with Crippen LogP contribution in [0.2, 0.25) is 0 Å². The Labute approximate surface area is 70.0 Å².